The summed E-state index contributed by atoms with van der Waals surface area (Å²) in [7, 11) is 0. The minimum atomic E-state index is -0.333. The molecular formula is C26H29N7O2. The summed E-state index contributed by atoms with van der Waals surface area (Å²) in [5, 5.41) is 16.2. The standard InChI is InChI=1S/C26H29N7O2/c1-5-11-27-25(34)21-14-33-23(18(21)4)24(28-15-29-33)32-22-13-20(10-9-17(22)3)31-26(35)30-19-8-6-7-16(2)12-19/h6-10,12-15H,5,11H2,1-4H3,(H,27,34)(H,28,29,32)(H2,30,31,35). The molecule has 2 aromatic heterocycles. The fraction of sp³-hybridized carbons (Fsp3) is 0.231. The first-order valence-corrected chi connectivity index (χ1v) is 11.5. The van der Waals surface area contributed by atoms with E-state index in [1.807, 2.05) is 70.2 Å². The summed E-state index contributed by atoms with van der Waals surface area (Å²) >= 11 is 0. The van der Waals surface area contributed by atoms with Crippen LogP contribution in [0.3, 0.4) is 0 Å². The molecule has 2 heterocycles. The van der Waals surface area contributed by atoms with Gasteiger partial charge in [-0.15, -0.1) is 0 Å². The maximum Gasteiger partial charge on any atom is 0.323 e. The molecule has 4 N–H and O–H groups in total. The van der Waals surface area contributed by atoms with Gasteiger partial charge in [-0.1, -0.05) is 25.1 Å². The highest BCUT2D eigenvalue weighted by Gasteiger charge is 2.18. The Morgan fingerprint density at radius 1 is 1.00 bits per heavy atom. The van der Waals surface area contributed by atoms with Crippen LogP contribution < -0.4 is 21.3 Å². The molecule has 0 aliphatic heterocycles. The maximum absolute atomic E-state index is 12.6. The van der Waals surface area contributed by atoms with Crippen LogP contribution in [0.5, 0.6) is 0 Å². The first-order chi connectivity index (χ1) is 16.9. The van der Waals surface area contributed by atoms with E-state index in [-0.39, 0.29) is 11.9 Å². The van der Waals surface area contributed by atoms with Crippen LogP contribution in [0, 0.1) is 20.8 Å². The minimum Gasteiger partial charge on any atom is -0.352 e. The number of aromatic nitrogens is 3. The van der Waals surface area contributed by atoms with Gasteiger partial charge in [0.2, 0.25) is 0 Å². The molecule has 0 saturated carbocycles. The van der Waals surface area contributed by atoms with Gasteiger partial charge in [-0.25, -0.2) is 14.3 Å². The van der Waals surface area contributed by atoms with E-state index in [4.69, 9.17) is 0 Å². The van der Waals surface area contributed by atoms with E-state index < -0.39 is 0 Å². The Kier molecular flexibility index (Phi) is 6.96. The molecule has 0 aliphatic carbocycles. The molecule has 0 spiro atoms. The van der Waals surface area contributed by atoms with Crippen molar-refractivity contribution in [3.63, 3.8) is 0 Å². The molecular weight excluding hydrogens is 442 g/mol. The van der Waals surface area contributed by atoms with Gasteiger partial charge < -0.3 is 21.3 Å². The molecule has 180 valence electrons. The van der Waals surface area contributed by atoms with E-state index in [2.05, 4.69) is 31.3 Å². The van der Waals surface area contributed by atoms with Gasteiger partial charge in [-0.05, 0) is 68.1 Å². The number of urea groups is 1. The zero-order valence-electron chi connectivity index (χ0n) is 20.3. The number of rotatable bonds is 7. The zero-order chi connectivity index (χ0) is 24.9. The van der Waals surface area contributed by atoms with Gasteiger partial charge in [0.25, 0.3) is 5.91 Å². The lowest BCUT2D eigenvalue weighted by molar-refractivity contribution is 0.0953. The van der Waals surface area contributed by atoms with Crippen LogP contribution >= 0.6 is 0 Å². The summed E-state index contributed by atoms with van der Waals surface area (Å²) in [6.07, 6.45) is 4.01. The van der Waals surface area contributed by atoms with Gasteiger partial charge in [0.05, 0.1) is 5.56 Å². The molecule has 4 aromatic rings. The number of fused-ring (bicyclic) bond motifs is 1. The molecule has 0 saturated heterocycles. The van der Waals surface area contributed by atoms with Crippen molar-refractivity contribution in [1.29, 1.82) is 0 Å². The number of nitrogens with zero attached hydrogens (tertiary/aromatic N) is 3. The SMILES string of the molecule is CCCNC(=O)c1cn2ncnc(Nc3cc(NC(=O)Nc4cccc(C)c4)ccc3C)c2c1C. The first-order valence-electron chi connectivity index (χ1n) is 11.5. The van der Waals surface area contributed by atoms with E-state index in [9.17, 15) is 9.59 Å². The molecule has 0 unspecified atom stereocenters. The Bertz CT molecular complexity index is 1390. The molecule has 9 heteroatoms. The van der Waals surface area contributed by atoms with Crippen molar-refractivity contribution in [1.82, 2.24) is 19.9 Å². The summed E-state index contributed by atoms with van der Waals surface area (Å²) in [6.45, 7) is 8.43. The Morgan fingerprint density at radius 3 is 2.51 bits per heavy atom. The summed E-state index contributed by atoms with van der Waals surface area (Å²) < 4.78 is 1.65. The van der Waals surface area contributed by atoms with Crippen molar-refractivity contribution in [3.05, 3.63) is 77.2 Å². The van der Waals surface area contributed by atoms with Crippen LogP contribution in [-0.2, 0) is 0 Å². The van der Waals surface area contributed by atoms with Crippen molar-refractivity contribution in [2.45, 2.75) is 34.1 Å². The topological polar surface area (TPSA) is 112 Å². The summed E-state index contributed by atoms with van der Waals surface area (Å²) in [4.78, 5) is 29.5. The number of nitrogens with one attached hydrogen (secondary N) is 4. The predicted octanol–water partition coefficient (Wildman–Crippen LogP) is 5.18. The molecule has 0 radical (unpaired) electrons. The van der Waals surface area contributed by atoms with Gasteiger partial charge in [0.15, 0.2) is 5.82 Å². The van der Waals surface area contributed by atoms with Gasteiger partial charge in [0.1, 0.15) is 11.8 Å². The molecule has 0 aliphatic rings. The van der Waals surface area contributed by atoms with Crippen molar-refractivity contribution in [2.24, 2.45) is 0 Å². The van der Waals surface area contributed by atoms with Gasteiger partial charge in [-0.2, -0.15) is 5.10 Å². The lowest BCUT2D eigenvalue weighted by Gasteiger charge is -2.13. The quantitative estimate of drug-likeness (QED) is 0.297. The molecule has 0 fully saturated rings. The monoisotopic (exact) mass is 471 g/mol. The highest BCUT2D eigenvalue weighted by molar-refractivity contribution is 6.01. The van der Waals surface area contributed by atoms with Crippen LogP contribution in [-0.4, -0.2) is 33.1 Å². The van der Waals surface area contributed by atoms with Crippen molar-refractivity contribution < 1.29 is 9.59 Å². The second-order valence-corrected chi connectivity index (χ2v) is 8.43. The largest absolute Gasteiger partial charge is 0.352 e. The van der Waals surface area contributed by atoms with E-state index >= 15 is 0 Å². The molecule has 35 heavy (non-hydrogen) atoms. The van der Waals surface area contributed by atoms with Crippen molar-refractivity contribution >= 4 is 40.3 Å². The molecule has 0 bridgehead atoms. The van der Waals surface area contributed by atoms with E-state index in [0.29, 0.717) is 29.1 Å². The molecule has 4 rings (SSSR count). The highest BCUT2D eigenvalue weighted by atomic mass is 16.2. The predicted molar refractivity (Wildman–Crippen MR) is 139 cm³/mol. The lowest BCUT2D eigenvalue weighted by Crippen LogP contribution is -2.24. The number of aryl methyl sites for hydroxylation is 3. The average molecular weight is 472 g/mol. The number of hydrogen-bond donors (Lipinski definition) is 4. The smallest absolute Gasteiger partial charge is 0.323 e. The summed E-state index contributed by atoms with van der Waals surface area (Å²) in [6, 6.07) is 12.9. The highest BCUT2D eigenvalue weighted by Crippen LogP contribution is 2.28. The second kappa shape index (κ2) is 10.3. The third-order valence-corrected chi connectivity index (χ3v) is 5.63. The second-order valence-electron chi connectivity index (χ2n) is 8.43. The molecule has 0 atom stereocenters. The lowest BCUT2D eigenvalue weighted by atomic mass is 10.1. The maximum atomic E-state index is 12.6. The van der Waals surface area contributed by atoms with Gasteiger partial charge in [-0.3, -0.25) is 4.79 Å². The summed E-state index contributed by atoms with van der Waals surface area (Å²) in [5.74, 6) is 0.430. The Labute approximate surface area is 204 Å². The fourth-order valence-corrected chi connectivity index (χ4v) is 3.79. The molecule has 9 nitrogen and oxygen atoms in total. The Balaban J connectivity index is 1.57. The van der Waals surface area contributed by atoms with Crippen molar-refractivity contribution in [3.8, 4) is 0 Å². The number of carbonyl (C=O) groups excluding carboxylic acids is 2. The molecule has 2 aromatic carbocycles. The number of carbonyl (C=O) groups is 2. The van der Waals surface area contributed by atoms with Crippen LogP contribution in [0.1, 0.15) is 40.4 Å². The van der Waals surface area contributed by atoms with Crippen LogP contribution in [0.15, 0.2) is 55.0 Å². The van der Waals surface area contributed by atoms with Gasteiger partial charge in [0, 0.05) is 29.8 Å². The van der Waals surface area contributed by atoms with Crippen molar-refractivity contribution in [2.75, 3.05) is 22.5 Å². The average Bonchev–Trinajstić information content (AvgIpc) is 3.17. The summed E-state index contributed by atoms with van der Waals surface area (Å²) in [5.41, 5.74) is 6.21. The number of benzene rings is 2. The fourth-order valence-electron chi connectivity index (χ4n) is 3.79. The number of hydrogen-bond acceptors (Lipinski definition) is 5. The van der Waals surface area contributed by atoms with E-state index in [1.165, 1.54) is 6.33 Å². The van der Waals surface area contributed by atoms with E-state index in [1.54, 1.807) is 10.7 Å². The van der Waals surface area contributed by atoms with Gasteiger partial charge >= 0.3 is 6.03 Å². The number of anilines is 4. The number of amides is 3. The van der Waals surface area contributed by atoms with Crippen LogP contribution in [0.25, 0.3) is 5.52 Å². The Hall–Kier alpha value is -4.40. The third kappa shape index (κ3) is 5.40. The van der Waals surface area contributed by atoms with Crippen LogP contribution in [0.4, 0.5) is 27.7 Å². The van der Waals surface area contributed by atoms with E-state index in [0.717, 1.165) is 34.5 Å². The minimum absolute atomic E-state index is 0.136. The Morgan fingerprint density at radius 2 is 1.77 bits per heavy atom. The van der Waals surface area contributed by atoms with Crippen LogP contribution in [0.2, 0.25) is 0 Å². The molecule has 3 amide bonds. The third-order valence-electron chi connectivity index (χ3n) is 5.63. The normalized spacial score (nSPS) is 10.7. The first kappa shape index (κ1) is 23.7. The zero-order valence-corrected chi connectivity index (χ0v) is 20.3.